The molecule has 0 saturated carbocycles. The standard InChI is InChI=1S/C31H30INO10S/c32-22-11-13-24(14-12-22)42-30-28(35)29(39-16-17-40-31(36)33-23-8-2-1-3-9-23)27(34)26(43-30)19-41-44(37,38)25-15-10-20-6-4-5-7-21(20)18-25/h1-15,18,26-30,34-35H,16-17,19H2,(H,33,36)/t26-,27+,28-,29-,30+/m0/s1. The second-order valence-electron chi connectivity index (χ2n) is 9.81. The predicted octanol–water partition coefficient (Wildman–Crippen LogP) is 4.31. The molecule has 4 aromatic carbocycles. The molecule has 4 aromatic rings. The third-order valence-corrected chi connectivity index (χ3v) is 8.75. The van der Waals surface area contributed by atoms with Gasteiger partial charge >= 0.3 is 6.09 Å². The molecule has 3 N–H and O–H groups in total. The highest BCUT2D eigenvalue weighted by atomic mass is 127. The minimum Gasteiger partial charge on any atom is -0.462 e. The smallest absolute Gasteiger partial charge is 0.411 e. The molecule has 1 saturated heterocycles. The Kier molecular flexibility index (Phi) is 10.7. The molecule has 5 rings (SSSR count). The molecule has 0 aliphatic carbocycles. The van der Waals surface area contributed by atoms with Crippen molar-refractivity contribution in [2.45, 2.75) is 35.6 Å². The monoisotopic (exact) mass is 735 g/mol. The average Bonchev–Trinajstić information content (AvgIpc) is 3.02. The van der Waals surface area contributed by atoms with Gasteiger partial charge in [-0.25, -0.2) is 4.79 Å². The van der Waals surface area contributed by atoms with Gasteiger partial charge in [-0.05, 0) is 81.9 Å². The third kappa shape index (κ3) is 8.24. The molecule has 1 aliphatic rings. The molecule has 5 atom stereocenters. The van der Waals surface area contributed by atoms with Crippen LogP contribution in [0.3, 0.4) is 0 Å². The van der Waals surface area contributed by atoms with Gasteiger partial charge in [0.15, 0.2) is 0 Å². The molecular formula is C31H30INO10S. The number of benzene rings is 4. The Balaban J connectivity index is 1.25. The van der Waals surface area contributed by atoms with E-state index in [-0.39, 0.29) is 18.1 Å². The number of carbonyl (C=O) groups excluding carboxylic acids is 1. The SMILES string of the molecule is O=C(Nc1ccccc1)OCCO[C@@H]1[C@H](O)[C@H](Oc2ccc(I)cc2)O[C@@H](COS(=O)(=O)c2ccc3ccccc3c2)[C@H]1O. The summed E-state index contributed by atoms with van der Waals surface area (Å²) in [6.07, 6.45) is -7.63. The largest absolute Gasteiger partial charge is 0.462 e. The molecule has 0 spiro atoms. The number of hydrogen-bond donors (Lipinski definition) is 3. The van der Waals surface area contributed by atoms with Crippen molar-refractivity contribution >= 4 is 55.3 Å². The second kappa shape index (κ2) is 14.6. The molecular weight excluding hydrogens is 705 g/mol. The van der Waals surface area contributed by atoms with Gasteiger partial charge in [0, 0.05) is 9.26 Å². The molecule has 1 amide bonds. The number of aliphatic hydroxyl groups excluding tert-OH is 2. The zero-order valence-electron chi connectivity index (χ0n) is 23.2. The molecule has 0 unspecified atom stereocenters. The molecule has 44 heavy (non-hydrogen) atoms. The van der Waals surface area contributed by atoms with Crippen LogP contribution in [0.5, 0.6) is 5.75 Å². The summed E-state index contributed by atoms with van der Waals surface area (Å²) in [6, 6.07) is 27.5. The number of carbonyl (C=O) groups is 1. The summed E-state index contributed by atoms with van der Waals surface area (Å²) >= 11 is 2.13. The van der Waals surface area contributed by atoms with Crippen LogP contribution in [-0.2, 0) is 28.5 Å². The zero-order chi connectivity index (χ0) is 31.1. The Bertz CT molecular complexity index is 1660. The number of para-hydroxylation sites is 1. The van der Waals surface area contributed by atoms with Gasteiger partial charge in [0.05, 0.1) is 18.1 Å². The Morgan fingerprint density at radius 1 is 0.864 bits per heavy atom. The Hall–Kier alpha value is -3.31. The summed E-state index contributed by atoms with van der Waals surface area (Å²) in [5.41, 5.74) is 0.547. The van der Waals surface area contributed by atoms with Crippen molar-refractivity contribution in [1.29, 1.82) is 0 Å². The number of ether oxygens (including phenoxy) is 4. The number of nitrogens with one attached hydrogen (secondary N) is 1. The average molecular weight is 736 g/mol. The van der Waals surface area contributed by atoms with E-state index >= 15 is 0 Å². The first-order valence-electron chi connectivity index (χ1n) is 13.6. The highest BCUT2D eigenvalue weighted by molar-refractivity contribution is 14.1. The minimum absolute atomic E-state index is 0.0630. The lowest BCUT2D eigenvalue weighted by atomic mass is 9.99. The van der Waals surface area contributed by atoms with Crippen molar-refractivity contribution in [3.63, 3.8) is 0 Å². The first kappa shape index (κ1) is 32.1. The molecule has 1 aliphatic heterocycles. The molecule has 0 aromatic heterocycles. The molecule has 1 heterocycles. The number of hydrogen-bond acceptors (Lipinski definition) is 10. The number of fused-ring (bicyclic) bond motifs is 1. The van der Waals surface area contributed by atoms with Crippen molar-refractivity contribution in [2.75, 3.05) is 25.1 Å². The lowest BCUT2D eigenvalue weighted by Crippen LogP contribution is -2.61. The lowest BCUT2D eigenvalue weighted by Gasteiger charge is -2.41. The van der Waals surface area contributed by atoms with Crippen LogP contribution < -0.4 is 10.1 Å². The first-order valence-corrected chi connectivity index (χ1v) is 16.1. The van der Waals surface area contributed by atoms with E-state index in [4.69, 9.17) is 23.1 Å². The van der Waals surface area contributed by atoms with Crippen LogP contribution in [0.15, 0.2) is 102 Å². The minimum atomic E-state index is -4.24. The second-order valence-corrected chi connectivity index (χ2v) is 12.7. The van der Waals surface area contributed by atoms with E-state index in [0.717, 1.165) is 8.96 Å². The van der Waals surface area contributed by atoms with Crippen LogP contribution in [0.2, 0.25) is 0 Å². The Morgan fingerprint density at radius 3 is 2.32 bits per heavy atom. The Morgan fingerprint density at radius 2 is 1.57 bits per heavy atom. The summed E-state index contributed by atoms with van der Waals surface area (Å²) in [6.45, 7) is -0.985. The number of anilines is 1. The van der Waals surface area contributed by atoms with Gasteiger partial charge in [-0.15, -0.1) is 0 Å². The molecule has 13 heteroatoms. The van der Waals surface area contributed by atoms with Gasteiger partial charge in [0.25, 0.3) is 10.1 Å². The van der Waals surface area contributed by atoms with Gasteiger partial charge in [0.1, 0.15) is 36.8 Å². The molecule has 0 radical (unpaired) electrons. The maximum absolute atomic E-state index is 13.1. The van der Waals surface area contributed by atoms with E-state index in [1.54, 1.807) is 66.7 Å². The fraction of sp³-hybridized carbons (Fsp3) is 0.258. The molecule has 232 valence electrons. The normalized spacial score (nSPS) is 21.9. The lowest BCUT2D eigenvalue weighted by molar-refractivity contribution is -0.285. The third-order valence-electron chi connectivity index (χ3n) is 6.75. The van der Waals surface area contributed by atoms with Crippen molar-refractivity contribution in [1.82, 2.24) is 0 Å². The van der Waals surface area contributed by atoms with E-state index in [2.05, 4.69) is 27.9 Å². The molecule has 1 fully saturated rings. The summed E-state index contributed by atoms with van der Waals surface area (Å²) in [7, 11) is -4.24. The van der Waals surface area contributed by atoms with Crippen LogP contribution in [0.4, 0.5) is 10.5 Å². The van der Waals surface area contributed by atoms with Crippen molar-refractivity contribution in [3.05, 3.63) is 101 Å². The van der Waals surface area contributed by atoms with Gasteiger partial charge in [-0.3, -0.25) is 9.50 Å². The van der Waals surface area contributed by atoms with Crippen LogP contribution in [0, 0.1) is 3.57 Å². The summed E-state index contributed by atoms with van der Waals surface area (Å²) < 4.78 is 54.9. The fourth-order valence-electron chi connectivity index (χ4n) is 4.52. The van der Waals surface area contributed by atoms with Gasteiger partial charge in [-0.1, -0.05) is 48.5 Å². The number of halogens is 1. The summed E-state index contributed by atoms with van der Waals surface area (Å²) in [5.74, 6) is 0.369. The number of aliphatic hydroxyl groups is 2. The first-order chi connectivity index (χ1) is 21.2. The fourth-order valence-corrected chi connectivity index (χ4v) is 5.84. The number of amides is 1. The maximum atomic E-state index is 13.1. The number of rotatable bonds is 11. The topological polar surface area (TPSA) is 150 Å². The summed E-state index contributed by atoms with van der Waals surface area (Å²) in [5, 5.41) is 26.2. The highest BCUT2D eigenvalue weighted by Gasteiger charge is 2.47. The van der Waals surface area contributed by atoms with Crippen LogP contribution in [-0.4, -0.2) is 75.3 Å². The Labute approximate surface area is 267 Å². The van der Waals surface area contributed by atoms with Crippen LogP contribution >= 0.6 is 22.6 Å². The van der Waals surface area contributed by atoms with Gasteiger partial charge in [-0.2, -0.15) is 8.42 Å². The summed E-state index contributed by atoms with van der Waals surface area (Å²) in [4.78, 5) is 12.0. The van der Waals surface area contributed by atoms with Gasteiger partial charge < -0.3 is 29.2 Å². The van der Waals surface area contributed by atoms with Crippen molar-refractivity contribution < 1.29 is 46.6 Å². The van der Waals surface area contributed by atoms with E-state index in [0.29, 0.717) is 16.8 Å². The van der Waals surface area contributed by atoms with Crippen LogP contribution in [0.1, 0.15) is 0 Å². The van der Waals surface area contributed by atoms with Gasteiger partial charge in [0.2, 0.25) is 6.29 Å². The zero-order valence-corrected chi connectivity index (χ0v) is 26.2. The van der Waals surface area contributed by atoms with Crippen molar-refractivity contribution in [3.8, 4) is 5.75 Å². The maximum Gasteiger partial charge on any atom is 0.411 e. The van der Waals surface area contributed by atoms with E-state index < -0.39 is 53.5 Å². The van der Waals surface area contributed by atoms with E-state index in [9.17, 15) is 23.4 Å². The van der Waals surface area contributed by atoms with E-state index in [1.807, 2.05) is 18.2 Å². The van der Waals surface area contributed by atoms with Crippen LogP contribution in [0.25, 0.3) is 10.8 Å². The highest BCUT2D eigenvalue weighted by Crippen LogP contribution is 2.28. The van der Waals surface area contributed by atoms with E-state index in [1.165, 1.54) is 12.1 Å². The quantitative estimate of drug-likeness (QED) is 0.116. The predicted molar refractivity (Wildman–Crippen MR) is 169 cm³/mol. The van der Waals surface area contributed by atoms with Crippen molar-refractivity contribution in [2.24, 2.45) is 0 Å². The molecule has 0 bridgehead atoms. The molecule has 11 nitrogen and oxygen atoms in total.